The van der Waals surface area contributed by atoms with E-state index in [1.54, 1.807) is 24.4 Å². The summed E-state index contributed by atoms with van der Waals surface area (Å²) in [6, 6.07) is 5.29. The zero-order valence-corrected chi connectivity index (χ0v) is 11.4. The quantitative estimate of drug-likeness (QED) is 0.372. The van der Waals surface area contributed by atoms with E-state index in [-0.39, 0.29) is 10.8 Å². The number of amides is 1. The second kappa shape index (κ2) is 7.14. The van der Waals surface area contributed by atoms with Crippen LogP contribution in [0.25, 0.3) is 0 Å². The molecule has 10 heteroatoms. The van der Waals surface area contributed by atoms with Crippen LogP contribution in [0.2, 0.25) is 0 Å². The maximum absolute atomic E-state index is 11.5. The van der Waals surface area contributed by atoms with Gasteiger partial charge in [-0.1, -0.05) is 17.8 Å². The highest BCUT2D eigenvalue weighted by Gasteiger charge is 2.06. The molecule has 108 valence electrons. The first-order valence-electron chi connectivity index (χ1n) is 5.70. The van der Waals surface area contributed by atoms with Crippen LogP contribution < -0.4 is 16.7 Å². The Labute approximate surface area is 121 Å². The Morgan fingerprint density at radius 3 is 3.00 bits per heavy atom. The molecule has 0 spiro atoms. The van der Waals surface area contributed by atoms with Crippen molar-refractivity contribution in [3.63, 3.8) is 0 Å². The Hall–Kier alpha value is -2.75. The third kappa shape index (κ3) is 4.69. The molecule has 0 radical (unpaired) electrons. The van der Waals surface area contributed by atoms with Crippen LogP contribution in [0.5, 0.6) is 0 Å². The number of pyridine rings is 1. The number of carbonyl (C=O) groups is 1. The van der Waals surface area contributed by atoms with E-state index in [2.05, 4.69) is 25.7 Å². The van der Waals surface area contributed by atoms with Gasteiger partial charge < -0.3 is 0 Å². The molecule has 0 aromatic carbocycles. The largest absolute Gasteiger partial charge is 0.342 e. The molecule has 0 saturated carbocycles. The van der Waals surface area contributed by atoms with E-state index in [1.165, 1.54) is 6.21 Å². The molecule has 9 nitrogen and oxygen atoms in total. The molecule has 0 aliphatic rings. The Kier molecular flexibility index (Phi) is 4.99. The average Bonchev–Trinajstić information content (AvgIpc) is 2.47. The van der Waals surface area contributed by atoms with Crippen molar-refractivity contribution in [2.75, 3.05) is 5.75 Å². The summed E-state index contributed by atoms with van der Waals surface area (Å²) in [6.45, 7) is 0. The van der Waals surface area contributed by atoms with Gasteiger partial charge in [-0.3, -0.25) is 19.6 Å². The number of carbonyl (C=O) groups excluding carboxylic acids is 1. The number of H-pyrrole nitrogens is 2. The molecule has 21 heavy (non-hydrogen) atoms. The predicted octanol–water partition coefficient (Wildman–Crippen LogP) is -0.904. The molecule has 0 aliphatic heterocycles. The topological polar surface area (TPSA) is 133 Å². The fraction of sp³-hybridized carbons (Fsp3) is 0.0909. The second-order valence-corrected chi connectivity index (χ2v) is 4.61. The van der Waals surface area contributed by atoms with Gasteiger partial charge in [-0.05, 0) is 12.1 Å². The summed E-state index contributed by atoms with van der Waals surface area (Å²) >= 11 is 0.884. The first-order valence-corrected chi connectivity index (χ1v) is 6.68. The van der Waals surface area contributed by atoms with E-state index >= 15 is 0 Å². The third-order valence-corrected chi connectivity index (χ3v) is 3.05. The SMILES string of the molecule is O=C(CSc1n[nH]c(=O)[nH]c1=O)N/N=C\c1ccccn1. The molecule has 0 atom stereocenters. The minimum absolute atomic E-state index is 0.00143. The monoisotopic (exact) mass is 306 g/mol. The van der Waals surface area contributed by atoms with E-state index in [4.69, 9.17) is 0 Å². The Morgan fingerprint density at radius 2 is 2.29 bits per heavy atom. The fourth-order valence-corrected chi connectivity index (χ4v) is 1.85. The molecule has 3 N–H and O–H groups in total. The van der Waals surface area contributed by atoms with Gasteiger partial charge in [0.25, 0.3) is 5.56 Å². The molecule has 0 bridgehead atoms. The van der Waals surface area contributed by atoms with Crippen molar-refractivity contribution in [1.29, 1.82) is 0 Å². The van der Waals surface area contributed by atoms with Crippen LogP contribution in [-0.4, -0.2) is 38.0 Å². The number of aromatic amines is 2. The second-order valence-electron chi connectivity index (χ2n) is 3.65. The van der Waals surface area contributed by atoms with Crippen molar-refractivity contribution in [1.82, 2.24) is 25.6 Å². The van der Waals surface area contributed by atoms with Crippen molar-refractivity contribution in [3.05, 3.63) is 50.9 Å². The number of nitrogens with zero attached hydrogens (tertiary/aromatic N) is 3. The van der Waals surface area contributed by atoms with Gasteiger partial charge in [0, 0.05) is 6.20 Å². The van der Waals surface area contributed by atoms with Crippen LogP contribution in [0.1, 0.15) is 5.69 Å². The van der Waals surface area contributed by atoms with Crippen molar-refractivity contribution >= 4 is 23.9 Å². The van der Waals surface area contributed by atoms with Crippen LogP contribution in [0.3, 0.4) is 0 Å². The molecule has 0 fully saturated rings. The van der Waals surface area contributed by atoms with Gasteiger partial charge >= 0.3 is 5.69 Å². The third-order valence-electron chi connectivity index (χ3n) is 2.09. The number of hydrogen-bond donors (Lipinski definition) is 3. The lowest BCUT2D eigenvalue weighted by Gasteiger charge is -1.98. The van der Waals surface area contributed by atoms with E-state index in [1.807, 2.05) is 4.98 Å². The van der Waals surface area contributed by atoms with Crippen LogP contribution in [0, 0.1) is 0 Å². The van der Waals surface area contributed by atoms with Crippen LogP contribution in [0.15, 0.2) is 44.1 Å². The minimum atomic E-state index is -0.700. The highest BCUT2D eigenvalue weighted by atomic mass is 32.2. The first-order chi connectivity index (χ1) is 10.1. The van der Waals surface area contributed by atoms with Crippen LogP contribution >= 0.6 is 11.8 Å². The zero-order chi connectivity index (χ0) is 15.1. The summed E-state index contributed by atoms with van der Waals surface area (Å²) in [5.41, 5.74) is 1.55. The number of hydrazone groups is 1. The molecule has 0 aliphatic carbocycles. The molecule has 2 aromatic heterocycles. The smallest absolute Gasteiger partial charge is 0.272 e. The van der Waals surface area contributed by atoms with Gasteiger partial charge in [-0.2, -0.15) is 10.2 Å². The molecule has 2 heterocycles. The maximum atomic E-state index is 11.5. The minimum Gasteiger partial charge on any atom is -0.272 e. The van der Waals surface area contributed by atoms with Crippen molar-refractivity contribution in [2.24, 2.45) is 5.10 Å². The number of nitrogens with one attached hydrogen (secondary N) is 3. The lowest BCUT2D eigenvalue weighted by molar-refractivity contribution is -0.118. The fourth-order valence-electron chi connectivity index (χ4n) is 1.22. The average molecular weight is 306 g/mol. The predicted molar refractivity (Wildman–Crippen MR) is 76.2 cm³/mol. The Bertz CT molecular complexity index is 754. The molecule has 0 unspecified atom stereocenters. The van der Waals surface area contributed by atoms with Gasteiger partial charge in [0.05, 0.1) is 17.7 Å². The van der Waals surface area contributed by atoms with Crippen LogP contribution in [0.4, 0.5) is 0 Å². The lowest BCUT2D eigenvalue weighted by Crippen LogP contribution is -2.26. The summed E-state index contributed by atoms with van der Waals surface area (Å²) in [5, 5.41) is 9.33. The summed E-state index contributed by atoms with van der Waals surface area (Å²) in [5.74, 6) is -0.485. The summed E-state index contributed by atoms with van der Waals surface area (Å²) in [7, 11) is 0. The molecule has 1 amide bonds. The maximum Gasteiger partial charge on any atom is 0.342 e. The number of aromatic nitrogens is 4. The highest BCUT2D eigenvalue weighted by Crippen LogP contribution is 2.06. The molecule has 2 rings (SSSR count). The van der Waals surface area contributed by atoms with Gasteiger partial charge in [0.15, 0.2) is 5.03 Å². The van der Waals surface area contributed by atoms with E-state index in [9.17, 15) is 14.4 Å². The summed E-state index contributed by atoms with van der Waals surface area (Å²) < 4.78 is 0. The summed E-state index contributed by atoms with van der Waals surface area (Å²) in [6.07, 6.45) is 3.00. The molecular formula is C11H10N6O3S. The van der Waals surface area contributed by atoms with Crippen molar-refractivity contribution in [3.8, 4) is 0 Å². The molecule has 2 aromatic rings. The van der Waals surface area contributed by atoms with E-state index < -0.39 is 17.2 Å². The van der Waals surface area contributed by atoms with Gasteiger partial charge in [-0.25, -0.2) is 15.3 Å². The summed E-state index contributed by atoms with van der Waals surface area (Å²) in [4.78, 5) is 39.6. The lowest BCUT2D eigenvalue weighted by atomic mass is 10.4. The standard InChI is InChI=1S/C11H10N6O3S/c18-8(15-13-5-7-3-1-2-4-12-7)6-21-10-9(19)14-11(20)17-16-10/h1-5H,6H2,(H,15,18)(H2,14,17,19,20)/b13-5-. The van der Waals surface area contributed by atoms with E-state index in [0.717, 1.165) is 11.8 Å². The van der Waals surface area contributed by atoms with Crippen molar-refractivity contribution < 1.29 is 4.79 Å². The zero-order valence-electron chi connectivity index (χ0n) is 10.6. The number of hydrogen-bond acceptors (Lipinski definition) is 7. The normalized spacial score (nSPS) is 10.7. The Morgan fingerprint density at radius 1 is 1.43 bits per heavy atom. The van der Waals surface area contributed by atoms with E-state index in [0.29, 0.717) is 5.69 Å². The van der Waals surface area contributed by atoms with Gasteiger partial charge in [-0.15, -0.1) is 0 Å². The van der Waals surface area contributed by atoms with Crippen molar-refractivity contribution in [2.45, 2.75) is 5.03 Å². The number of thioether (sulfide) groups is 1. The van der Waals surface area contributed by atoms with Gasteiger partial charge in [0.1, 0.15) is 0 Å². The van der Waals surface area contributed by atoms with Gasteiger partial charge in [0.2, 0.25) is 5.91 Å². The first kappa shape index (κ1) is 14.7. The Balaban J connectivity index is 1.84. The highest BCUT2D eigenvalue weighted by molar-refractivity contribution is 7.99. The number of rotatable bonds is 5. The molecular weight excluding hydrogens is 296 g/mol. The van der Waals surface area contributed by atoms with Crippen LogP contribution in [-0.2, 0) is 4.79 Å². The molecule has 0 saturated heterocycles.